The van der Waals surface area contributed by atoms with Gasteiger partial charge < -0.3 is 10.6 Å². The van der Waals surface area contributed by atoms with Crippen LogP contribution < -0.4 is 10.6 Å². The second-order valence-corrected chi connectivity index (χ2v) is 5.50. The van der Waals surface area contributed by atoms with E-state index in [9.17, 15) is 9.18 Å². The van der Waals surface area contributed by atoms with Gasteiger partial charge >= 0.3 is 0 Å². The lowest BCUT2D eigenvalue weighted by Crippen LogP contribution is -2.24. The molecule has 0 saturated heterocycles. The van der Waals surface area contributed by atoms with E-state index in [4.69, 9.17) is 0 Å². The molecule has 100 valence electrons. The molecule has 0 bridgehead atoms. The maximum atomic E-state index is 13.9. The van der Waals surface area contributed by atoms with Gasteiger partial charge in [-0.1, -0.05) is 0 Å². The van der Waals surface area contributed by atoms with Crippen molar-refractivity contribution >= 4 is 39.0 Å². The van der Waals surface area contributed by atoms with Crippen molar-refractivity contribution in [1.82, 2.24) is 10.3 Å². The fourth-order valence-corrected chi connectivity index (χ4v) is 2.93. The standard InChI is InChI=1S/C12H11BrFN3OS/c1-15-11-10(14)7(2-4-16-11)12(18)17-6-9-8(13)3-5-19-9/h2-5H,6H2,1H3,(H,15,16)(H,17,18). The number of halogens is 2. The van der Waals surface area contributed by atoms with Gasteiger partial charge in [-0.05, 0) is 33.4 Å². The molecule has 0 fully saturated rings. The molecule has 2 aromatic rings. The summed E-state index contributed by atoms with van der Waals surface area (Å²) in [5.74, 6) is -1.05. The van der Waals surface area contributed by atoms with Crippen molar-refractivity contribution in [2.75, 3.05) is 12.4 Å². The second kappa shape index (κ2) is 6.12. The Bertz CT molecular complexity index is 602. The van der Waals surface area contributed by atoms with E-state index in [1.54, 1.807) is 7.05 Å². The molecule has 2 heterocycles. The Morgan fingerprint density at radius 3 is 2.95 bits per heavy atom. The Morgan fingerprint density at radius 1 is 1.53 bits per heavy atom. The van der Waals surface area contributed by atoms with E-state index in [2.05, 4.69) is 31.5 Å². The first-order valence-corrected chi connectivity index (χ1v) is 7.13. The van der Waals surface area contributed by atoms with Crippen molar-refractivity contribution < 1.29 is 9.18 Å². The number of nitrogens with one attached hydrogen (secondary N) is 2. The van der Waals surface area contributed by atoms with Gasteiger partial charge in [0, 0.05) is 22.6 Å². The molecule has 0 unspecified atom stereocenters. The third-order valence-electron chi connectivity index (χ3n) is 2.47. The first-order valence-electron chi connectivity index (χ1n) is 5.45. The molecular formula is C12H11BrFN3OS. The number of aromatic nitrogens is 1. The molecule has 1 amide bonds. The van der Waals surface area contributed by atoms with Crippen LogP contribution in [-0.2, 0) is 6.54 Å². The Hall–Kier alpha value is -1.47. The molecule has 19 heavy (non-hydrogen) atoms. The van der Waals surface area contributed by atoms with Crippen LogP contribution in [0.1, 0.15) is 15.2 Å². The molecule has 2 N–H and O–H groups in total. The fraction of sp³-hybridized carbons (Fsp3) is 0.167. The van der Waals surface area contributed by atoms with Gasteiger partial charge in [-0.15, -0.1) is 11.3 Å². The number of pyridine rings is 1. The highest BCUT2D eigenvalue weighted by Gasteiger charge is 2.15. The summed E-state index contributed by atoms with van der Waals surface area (Å²) in [6, 6.07) is 3.26. The number of carbonyl (C=O) groups excluding carboxylic acids is 1. The summed E-state index contributed by atoms with van der Waals surface area (Å²) in [6.07, 6.45) is 1.39. The highest BCUT2D eigenvalue weighted by Crippen LogP contribution is 2.22. The second-order valence-electron chi connectivity index (χ2n) is 3.65. The molecule has 0 saturated carbocycles. The molecule has 0 radical (unpaired) electrons. The number of anilines is 1. The predicted molar refractivity (Wildman–Crippen MR) is 76.9 cm³/mol. The van der Waals surface area contributed by atoms with E-state index in [0.29, 0.717) is 6.54 Å². The molecule has 4 nitrogen and oxygen atoms in total. The lowest BCUT2D eigenvalue weighted by molar-refractivity contribution is 0.0947. The van der Waals surface area contributed by atoms with Crippen LogP contribution in [0.3, 0.4) is 0 Å². The number of amides is 1. The Balaban J connectivity index is 2.10. The van der Waals surface area contributed by atoms with E-state index in [1.165, 1.54) is 23.6 Å². The van der Waals surface area contributed by atoms with Crippen LogP contribution in [0.5, 0.6) is 0 Å². The predicted octanol–water partition coefficient (Wildman–Crippen LogP) is 3.02. The highest BCUT2D eigenvalue weighted by molar-refractivity contribution is 9.10. The first kappa shape index (κ1) is 14.0. The number of rotatable bonds is 4. The van der Waals surface area contributed by atoms with Crippen LogP contribution in [0.2, 0.25) is 0 Å². The highest BCUT2D eigenvalue weighted by atomic mass is 79.9. The lowest BCUT2D eigenvalue weighted by Gasteiger charge is -2.07. The molecule has 7 heteroatoms. The van der Waals surface area contributed by atoms with E-state index in [0.717, 1.165) is 9.35 Å². The average Bonchev–Trinajstić information content (AvgIpc) is 2.82. The van der Waals surface area contributed by atoms with Gasteiger partial charge in [-0.3, -0.25) is 4.79 Å². The SMILES string of the molecule is CNc1nccc(C(=O)NCc2sccc2Br)c1F. The summed E-state index contributed by atoms with van der Waals surface area (Å²) < 4.78 is 14.8. The van der Waals surface area contributed by atoms with Crippen LogP contribution >= 0.6 is 27.3 Å². The van der Waals surface area contributed by atoms with Gasteiger partial charge in [0.1, 0.15) is 0 Å². The molecule has 0 aliphatic carbocycles. The lowest BCUT2D eigenvalue weighted by atomic mass is 10.2. The zero-order valence-electron chi connectivity index (χ0n) is 10.0. The van der Waals surface area contributed by atoms with Crippen LogP contribution in [0.25, 0.3) is 0 Å². The van der Waals surface area contributed by atoms with Crippen molar-refractivity contribution in [2.45, 2.75) is 6.54 Å². The van der Waals surface area contributed by atoms with Crippen molar-refractivity contribution in [3.8, 4) is 0 Å². The maximum Gasteiger partial charge on any atom is 0.254 e. The van der Waals surface area contributed by atoms with Crippen molar-refractivity contribution in [1.29, 1.82) is 0 Å². The summed E-state index contributed by atoms with van der Waals surface area (Å²) in [4.78, 5) is 16.7. The summed E-state index contributed by atoms with van der Waals surface area (Å²) in [5, 5.41) is 7.19. The van der Waals surface area contributed by atoms with E-state index >= 15 is 0 Å². The third kappa shape index (κ3) is 3.10. The average molecular weight is 344 g/mol. The van der Waals surface area contributed by atoms with E-state index < -0.39 is 11.7 Å². The number of hydrogen-bond donors (Lipinski definition) is 2. The minimum Gasteiger partial charge on any atom is -0.371 e. The van der Waals surface area contributed by atoms with Crippen LogP contribution in [0.4, 0.5) is 10.2 Å². The molecule has 0 aliphatic heterocycles. The normalized spacial score (nSPS) is 10.3. The molecule has 0 spiro atoms. The minimum absolute atomic E-state index is 0.0213. The number of carbonyl (C=O) groups is 1. The van der Waals surface area contributed by atoms with Crippen LogP contribution in [-0.4, -0.2) is 17.9 Å². The quantitative estimate of drug-likeness (QED) is 0.897. The number of nitrogens with zero attached hydrogens (tertiary/aromatic N) is 1. The van der Waals surface area contributed by atoms with Gasteiger partial charge in [0.05, 0.1) is 12.1 Å². The monoisotopic (exact) mass is 343 g/mol. The van der Waals surface area contributed by atoms with Crippen molar-refractivity contribution in [2.24, 2.45) is 0 Å². The van der Waals surface area contributed by atoms with Gasteiger partial charge in [0.15, 0.2) is 11.6 Å². The van der Waals surface area contributed by atoms with E-state index in [1.807, 2.05) is 11.4 Å². The summed E-state index contributed by atoms with van der Waals surface area (Å²) >= 11 is 4.89. The Kier molecular flexibility index (Phi) is 4.49. The summed E-state index contributed by atoms with van der Waals surface area (Å²) in [7, 11) is 1.55. The number of hydrogen-bond acceptors (Lipinski definition) is 4. The van der Waals surface area contributed by atoms with Crippen LogP contribution in [0.15, 0.2) is 28.2 Å². The largest absolute Gasteiger partial charge is 0.371 e. The summed E-state index contributed by atoms with van der Waals surface area (Å²) in [5.41, 5.74) is -0.0213. The van der Waals surface area contributed by atoms with Gasteiger partial charge in [0.25, 0.3) is 5.91 Å². The zero-order chi connectivity index (χ0) is 13.8. The minimum atomic E-state index is -0.646. The smallest absolute Gasteiger partial charge is 0.254 e. The molecule has 2 aromatic heterocycles. The fourth-order valence-electron chi connectivity index (χ4n) is 1.50. The molecule has 0 aliphatic rings. The van der Waals surface area contributed by atoms with Gasteiger partial charge in [-0.2, -0.15) is 0 Å². The number of thiophene rings is 1. The molecule has 0 aromatic carbocycles. The first-order chi connectivity index (χ1) is 9.13. The molecular weight excluding hydrogens is 333 g/mol. The topological polar surface area (TPSA) is 54.0 Å². The van der Waals surface area contributed by atoms with Crippen molar-refractivity contribution in [3.63, 3.8) is 0 Å². The summed E-state index contributed by atoms with van der Waals surface area (Å²) in [6.45, 7) is 0.355. The van der Waals surface area contributed by atoms with Crippen molar-refractivity contribution in [3.05, 3.63) is 44.4 Å². The van der Waals surface area contributed by atoms with E-state index in [-0.39, 0.29) is 11.4 Å². The van der Waals surface area contributed by atoms with Crippen LogP contribution in [0, 0.1) is 5.82 Å². The third-order valence-corrected chi connectivity index (χ3v) is 4.40. The maximum absolute atomic E-state index is 13.9. The molecule has 2 rings (SSSR count). The molecule has 0 atom stereocenters. The van der Waals surface area contributed by atoms with Gasteiger partial charge in [-0.25, -0.2) is 9.37 Å². The Labute approximate surface area is 122 Å². The Morgan fingerprint density at radius 2 is 2.32 bits per heavy atom. The van der Waals surface area contributed by atoms with Gasteiger partial charge in [0.2, 0.25) is 0 Å². The zero-order valence-corrected chi connectivity index (χ0v) is 12.4.